The van der Waals surface area contributed by atoms with Gasteiger partial charge < -0.3 is 9.53 Å². The standard InChI is InChI=1S/C12H16O2/c1-10(13)4-3-5-11-6-8-12(14-2)9-7-11/h6-9H,3-5H2,1-2H3. The van der Waals surface area contributed by atoms with Gasteiger partial charge in [0.2, 0.25) is 0 Å². The lowest BCUT2D eigenvalue weighted by Gasteiger charge is -2.02. The number of ether oxygens (including phenoxy) is 1. The number of aryl methyl sites for hydroxylation is 1. The Kier molecular flexibility index (Phi) is 4.17. The van der Waals surface area contributed by atoms with Gasteiger partial charge in [0, 0.05) is 6.42 Å². The molecule has 0 saturated carbocycles. The zero-order valence-electron chi connectivity index (χ0n) is 8.75. The Hall–Kier alpha value is -1.31. The average molecular weight is 192 g/mol. The summed E-state index contributed by atoms with van der Waals surface area (Å²) in [5.74, 6) is 1.14. The normalized spacial score (nSPS) is 9.86. The largest absolute Gasteiger partial charge is 0.497 e. The van der Waals surface area contributed by atoms with Crippen molar-refractivity contribution in [1.82, 2.24) is 0 Å². The van der Waals surface area contributed by atoms with Crippen LogP contribution in [0.1, 0.15) is 25.3 Å². The molecule has 0 bridgehead atoms. The molecule has 0 heterocycles. The highest BCUT2D eigenvalue weighted by Gasteiger charge is 1.96. The molecule has 0 unspecified atom stereocenters. The molecule has 0 aromatic heterocycles. The number of ketones is 1. The number of hydrogen-bond acceptors (Lipinski definition) is 2. The van der Waals surface area contributed by atoms with Crippen molar-refractivity contribution in [3.05, 3.63) is 29.8 Å². The zero-order valence-corrected chi connectivity index (χ0v) is 8.75. The second kappa shape index (κ2) is 5.43. The summed E-state index contributed by atoms with van der Waals surface area (Å²) in [6.45, 7) is 1.63. The molecule has 76 valence electrons. The molecule has 0 N–H and O–H groups in total. The van der Waals surface area contributed by atoms with Crippen LogP contribution in [0.3, 0.4) is 0 Å². The summed E-state index contributed by atoms with van der Waals surface area (Å²) < 4.78 is 5.06. The molecule has 0 aliphatic rings. The van der Waals surface area contributed by atoms with Gasteiger partial charge in [0.25, 0.3) is 0 Å². The first-order valence-corrected chi connectivity index (χ1v) is 4.84. The third kappa shape index (κ3) is 3.60. The van der Waals surface area contributed by atoms with Gasteiger partial charge in [0.05, 0.1) is 7.11 Å². The molecule has 0 amide bonds. The fourth-order valence-electron chi connectivity index (χ4n) is 1.33. The molecule has 0 aliphatic heterocycles. The quantitative estimate of drug-likeness (QED) is 0.716. The van der Waals surface area contributed by atoms with Gasteiger partial charge in [-0.3, -0.25) is 0 Å². The van der Waals surface area contributed by atoms with Crippen molar-refractivity contribution in [3.8, 4) is 5.75 Å². The van der Waals surface area contributed by atoms with E-state index in [9.17, 15) is 4.79 Å². The van der Waals surface area contributed by atoms with E-state index in [0.717, 1.165) is 18.6 Å². The minimum Gasteiger partial charge on any atom is -0.497 e. The fourth-order valence-corrected chi connectivity index (χ4v) is 1.33. The maximum Gasteiger partial charge on any atom is 0.129 e. The Balaban J connectivity index is 2.40. The highest BCUT2D eigenvalue weighted by atomic mass is 16.5. The van der Waals surface area contributed by atoms with Crippen molar-refractivity contribution in [2.75, 3.05) is 7.11 Å². The van der Waals surface area contributed by atoms with Crippen molar-refractivity contribution in [1.29, 1.82) is 0 Å². The van der Waals surface area contributed by atoms with Gasteiger partial charge in [0.15, 0.2) is 0 Å². The molecule has 1 aromatic carbocycles. The molecule has 14 heavy (non-hydrogen) atoms. The van der Waals surface area contributed by atoms with Crippen LogP contribution in [0.15, 0.2) is 24.3 Å². The molecule has 1 rings (SSSR count). The van der Waals surface area contributed by atoms with Crippen LogP contribution in [-0.4, -0.2) is 12.9 Å². The predicted octanol–water partition coefficient (Wildman–Crippen LogP) is 2.61. The summed E-state index contributed by atoms with van der Waals surface area (Å²) in [6.07, 6.45) is 2.57. The zero-order chi connectivity index (χ0) is 10.4. The second-order valence-corrected chi connectivity index (χ2v) is 3.40. The first-order chi connectivity index (χ1) is 6.72. The number of benzene rings is 1. The van der Waals surface area contributed by atoms with Gasteiger partial charge in [-0.05, 0) is 37.5 Å². The minimum absolute atomic E-state index is 0.263. The second-order valence-electron chi connectivity index (χ2n) is 3.40. The average Bonchev–Trinajstić information content (AvgIpc) is 2.18. The third-order valence-corrected chi connectivity index (χ3v) is 2.15. The number of methoxy groups -OCH3 is 1. The predicted molar refractivity (Wildman–Crippen MR) is 56.6 cm³/mol. The monoisotopic (exact) mass is 192 g/mol. The maximum atomic E-state index is 10.7. The van der Waals surface area contributed by atoms with E-state index in [1.54, 1.807) is 14.0 Å². The van der Waals surface area contributed by atoms with Crippen LogP contribution in [0.5, 0.6) is 5.75 Å². The summed E-state index contributed by atoms with van der Waals surface area (Å²) in [5.41, 5.74) is 1.26. The Morgan fingerprint density at radius 3 is 2.43 bits per heavy atom. The third-order valence-electron chi connectivity index (χ3n) is 2.15. The van der Waals surface area contributed by atoms with E-state index >= 15 is 0 Å². The molecule has 2 heteroatoms. The lowest BCUT2D eigenvalue weighted by Crippen LogP contribution is -1.92. The smallest absolute Gasteiger partial charge is 0.129 e. The van der Waals surface area contributed by atoms with Crippen molar-refractivity contribution in [3.63, 3.8) is 0 Å². The van der Waals surface area contributed by atoms with Crippen molar-refractivity contribution >= 4 is 5.78 Å². The van der Waals surface area contributed by atoms with Crippen LogP contribution in [-0.2, 0) is 11.2 Å². The van der Waals surface area contributed by atoms with E-state index < -0.39 is 0 Å². The summed E-state index contributed by atoms with van der Waals surface area (Å²) in [4.78, 5) is 10.7. The topological polar surface area (TPSA) is 26.3 Å². The maximum absolute atomic E-state index is 10.7. The van der Waals surface area contributed by atoms with E-state index in [-0.39, 0.29) is 5.78 Å². The highest BCUT2D eigenvalue weighted by molar-refractivity contribution is 5.75. The van der Waals surface area contributed by atoms with Gasteiger partial charge in [-0.2, -0.15) is 0 Å². The molecule has 2 nitrogen and oxygen atoms in total. The molecular formula is C12H16O2. The van der Waals surface area contributed by atoms with Crippen molar-refractivity contribution in [2.24, 2.45) is 0 Å². The highest BCUT2D eigenvalue weighted by Crippen LogP contribution is 2.13. The van der Waals surface area contributed by atoms with E-state index in [4.69, 9.17) is 4.74 Å². The number of hydrogen-bond donors (Lipinski definition) is 0. The molecule has 0 aliphatic carbocycles. The summed E-state index contributed by atoms with van der Waals surface area (Å²) in [5, 5.41) is 0. The molecule has 1 aromatic rings. The van der Waals surface area contributed by atoms with E-state index in [1.807, 2.05) is 24.3 Å². The molecule has 0 fully saturated rings. The minimum atomic E-state index is 0.263. The lowest BCUT2D eigenvalue weighted by molar-refractivity contribution is -0.117. The molecule has 0 saturated heterocycles. The summed E-state index contributed by atoms with van der Waals surface area (Å²) >= 11 is 0. The van der Waals surface area contributed by atoms with E-state index in [1.165, 1.54) is 5.56 Å². The van der Waals surface area contributed by atoms with Crippen LogP contribution in [0.2, 0.25) is 0 Å². The Labute approximate surface area is 84.9 Å². The SMILES string of the molecule is COc1ccc(CCCC(C)=O)cc1. The number of rotatable bonds is 5. The van der Waals surface area contributed by atoms with Gasteiger partial charge in [-0.1, -0.05) is 12.1 Å². The fraction of sp³-hybridized carbons (Fsp3) is 0.417. The van der Waals surface area contributed by atoms with Gasteiger partial charge in [-0.25, -0.2) is 0 Å². The van der Waals surface area contributed by atoms with Crippen LogP contribution in [0.25, 0.3) is 0 Å². The van der Waals surface area contributed by atoms with Crippen LogP contribution in [0, 0.1) is 0 Å². The Bertz CT molecular complexity index is 288. The molecule has 0 spiro atoms. The number of carbonyl (C=O) groups excluding carboxylic acids is 1. The Morgan fingerprint density at radius 1 is 1.29 bits per heavy atom. The number of carbonyl (C=O) groups is 1. The van der Waals surface area contributed by atoms with Gasteiger partial charge >= 0.3 is 0 Å². The van der Waals surface area contributed by atoms with Crippen LogP contribution < -0.4 is 4.74 Å². The van der Waals surface area contributed by atoms with E-state index in [0.29, 0.717) is 6.42 Å². The van der Waals surface area contributed by atoms with Crippen molar-refractivity contribution in [2.45, 2.75) is 26.2 Å². The van der Waals surface area contributed by atoms with E-state index in [2.05, 4.69) is 0 Å². The first kappa shape index (κ1) is 10.8. The molecular weight excluding hydrogens is 176 g/mol. The summed E-state index contributed by atoms with van der Waals surface area (Å²) in [7, 11) is 1.66. The van der Waals surface area contributed by atoms with Gasteiger partial charge in [0.1, 0.15) is 11.5 Å². The summed E-state index contributed by atoms with van der Waals surface area (Å²) in [6, 6.07) is 7.98. The number of Topliss-reactive ketones (excluding diaryl/α,β-unsaturated/α-hetero) is 1. The van der Waals surface area contributed by atoms with Crippen molar-refractivity contribution < 1.29 is 9.53 Å². The van der Waals surface area contributed by atoms with Crippen LogP contribution >= 0.6 is 0 Å². The Morgan fingerprint density at radius 2 is 1.93 bits per heavy atom. The molecule has 0 atom stereocenters. The van der Waals surface area contributed by atoms with Gasteiger partial charge in [-0.15, -0.1) is 0 Å². The first-order valence-electron chi connectivity index (χ1n) is 4.84. The molecule has 0 radical (unpaired) electrons. The lowest BCUT2D eigenvalue weighted by atomic mass is 10.1. The van der Waals surface area contributed by atoms with Crippen LogP contribution in [0.4, 0.5) is 0 Å².